The first-order valence-corrected chi connectivity index (χ1v) is 15.0. The average Bonchev–Trinajstić information content (AvgIpc) is 3.60. The third kappa shape index (κ3) is 5.72. The maximum absolute atomic E-state index is 10.8. The zero-order chi connectivity index (χ0) is 28.4. The molecule has 0 bridgehead atoms. The highest BCUT2D eigenvalue weighted by molar-refractivity contribution is 7.99. The SMILES string of the molecule is CCCCN(Cc1ccc(OC)cc1OC)c1nc(SCCC)nc2c1nnn2[C@@H]1C[C@H](O)[C@H]2OC(C)(C)O[C@H]21. The number of aromatic nitrogens is 5. The number of hydrogen-bond donors (Lipinski definition) is 1. The molecular weight excluding hydrogens is 532 g/mol. The number of unbranched alkanes of at least 4 members (excludes halogenated alkanes) is 1. The second-order valence-electron chi connectivity index (χ2n) is 10.8. The first-order chi connectivity index (χ1) is 19.3. The lowest BCUT2D eigenvalue weighted by Crippen LogP contribution is -2.29. The summed E-state index contributed by atoms with van der Waals surface area (Å²) >= 11 is 1.62. The Bertz CT molecular complexity index is 1320. The molecule has 0 radical (unpaired) electrons. The van der Waals surface area contributed by atoms with Crippen molar-refractivity contribution in [3.05, 3.63) is 23.8 Å². The Labute approximate surface area is 239 Å². The normalized spacial score (nSPS) is 23.5. The quantitative estimate of drug-likeness (QED) is 0.246. The number of thioether (sulfide) groups is 1. The standard InChI is InChI=1S/C28H40N6O5S/c1-7-9-12-33(16-17-10-11-18(36-5)14-21(17)37-6)25-22-26(30-27(29-25)40-13-8-2)34(32-31-22)19-15-20(35)24-23(19)38-28(3,4)39-24/h10-11,14,19-20,23-24,35H,7-9,12-13,15-16H2,1-6H3/t19-,20+,23+,24-/m1/s1. The zero-order valence-corrected chi connectivity index (χ0v) is 25.0. The molecule has 4 atom stereocenters. The number of fused-ring (bicyclic) bond motifs is 2. The van der Waals surface area contributed by atoms with Crippen LogP contribution in [0.5, 0.6) is 11.5 Å². The van der Waals surface area contributed by atoms with Crippen LogP contribution in [0.1, 0.15) is 65.0 Å². The first kappa shape index (κ1) is 28.8. The Morgan fingerprint density at radius 2 is 1.93 bits per heavy atom. The molecule has 12 heteroatoms. The molecule has 218 valence electrons. The number of ether oxygens (including phenoxy) is 4. The molecule has 3 heterocycles. The van der Waals surface area contributed by atoms with Gasteiger partial charge >= 0.3 is 0 Å². The second kappa shape index (κ2) is 12.1. The lowest BCUT2D eigenvalue weighted by atomic mass is 10.1. The van der Waals surface area contributed by atoms with Gasteiger partial charge in [-0.25, -0.2) is 14.6 Å². The average molecular weight is 573 g/mol. The summed E-state index contributed by atoms with van der Waals surface area (Å²) in [6.07, 6.45) is 2.04. The van der Waals surface area contributed by atoms with Crippen molar-refractivity contribution < 1.29 is 24.1 Å². The predicted octanol–water partition coefficient (Wildman–Crippen LogP) is 4.37. The van der Waals surface area contributed by atoms with Crippen LogP contribution in [0.3, 0.4) is 0 Å². The van der Waals surface area contributed by atoms with Crippen LogP contribution in [0.2, 0.25) is 0 Å². The molecule has 2 fully saturated rings. The number of aliphatic hydroxyl groups is 1. The van der Waals surface area contributed by atoms with E-state index in [1.165, 1.54) is 0 Å². The molecule has 2 aromatic heterocycles. The van der Waals surface area contributed by atoms with Crippen molar-refractivity contribution in [1.82, 2.24) is 25.0 Å². The van der Waals surface area contributed by atoms with Gasteiger partial charge in [-0.3, -0.25) is 0 Å². The van der Waals surface area contributed by atoms with E-state index in [-0.39, 0.29) is 12.1 Å². The van der Waals surface area contributed by atoms with E-state index in [0.717, 1.165) is 54.4 Å². The Morgan fingerprint density at radius 1 is 1.12 bits per heavy atom. The largest absolute Gasteiger partial charge is 0.497 e. The molecule has 1 saturated carbocycles. The Morgan fingerprint density at radius 3 is 2.65 bits per heavy atom. The van der Waals surface area contributed by atoms with E-state index in [1.807, 2.05) is 32.0 Å². The monoisotopic (exact) mass is 572 g/mol. The van der Waals surface area contributed by atoms with Crippen molar-refractivity contribution in [1.29, 1.82) is 0 Å². The Hall–Kier alpha value is -2.67. The summed E-state index contributed by atoms with van der Waals surface area (Å²) in [6, 6.07) is 5.60. The van der Waals surface area contributed by atoms with Gasteiger partial charge in [0.2, 0.25) is 0 Å². The lowest BCUT2D eigenvalue weighted by molar-refractivity contribution is -0.165. The molecule has 5 rings (SSSR count). The van der Waals surface area contributed by atoms with Gasteiger partial charge in [0.25, 0.3) is 0 Å². The van der Waals surface area contributed by atoms with Gasteiger partial charge in [0.05, 0.1) is 26.4 Å². The van der Waals surface area contributed by atoms with Gasteiger partial charge in [0, 0.05) is 36.9 Å². The molecule has 40 heavy (non-hydrogen) atoms. The van der Waals surface area contributed by atoms with Crippen LogP contribution >= 0.6 is 11.8 Å². The molecule has 2 aliphatic rings. The number of methoxy groups -OCH3 is 2. The fourth-order valence-corrected chi connectivity index (χ4v) is 6.15. The van der Waals surface area contributed by atoms with Gasteiger partial charge in [0.1, 0.15) is 23.7 Å². The summed E-state index contributed by atoms with van der Waals surface area (Å²) < 4.78 is 25.2. The summed E-state index contributed by atoms with van der Waals surface area (Å²) in [4.78, 5) is 12.2. The second-order valence-corrected chi connectivity index (χ2v) is 11.8. The lowest BCUT2D eigenvalue weighted by Gasteiger charge is -2.25. The van der Waals surface area contributed by atoms with E-state index in [4.69, 9.17) is 28.9 Å². The minimum Gasteiger partial charge on any atom is -0.497 e. The van der Waals surface area contributed by atoms with E-state index in [9.17, 15) is 5.11 Å². The van der Waals surface area contributed by atoms with Crippen LogP contribution in [-0.2, 0) is 16.0 Å². The molecule has 1 aromatic carbocycles. The minimum atomic E-state index is -0.776. The van der Waals surface area contributed by atoms with Crippen LogP contribution in [0.25, 0.3) is 11.2 Å². The maximum Gasteiger partial charge on any atom is 0.191 e. The molecular formula is C28H40N6O5S. The number of benzene rings is 1. The van der Waals surface area contributed by atoms with Gasteiger partial charge in [0.15, 0.2) is 27.9 Å². The van der Waals surface area contributed by atoms with Crippen molar-refractivity contribution in [3.8, 4) is 11.5 Å². The molecule has 0 amide bonds. The number of aliphatic hydroxyl groups excluding tert-OH is 1. The Balaban J connectivity index is 1.58. The van der Waals surface area contributed by atoms with E-state index in [2.05, 4.69) is 29.1 Å². The van der Waals surface area contributed by atoms with Gasteiger partial charge in [-0.2, -0.15) is 0 Å². The molecule has 11 nitrogen and oxygen atoms in total. The van der Waals surface area contributed by atoms with Crippen molar-refractivity contribution in [2.24, 2.45) is 0 Å². The highest BCUT2D eigenvalue weighted by Crippen LogP contribution is 2.44. The van der Waals surface area contributed by atoms with Gasteiger partial charge in [-0.05, 0) is 38.8 Å². The van der Waals surface area contributed by atoms with Gasteiger partial charge in [-0.15, -0.1) is 5.10 Å². The molecule has 1 saturated heterocycles. The minimum absolute atomic E-state index is 0.260. The third-order valence-corrected chi connectivity index (χ3v) is 8.43. The number of anilines is 1. The van der Waals surface area contributed by atoms with E-state index in [1.54, 1.807) is 30.7 Å². The van der Waals surface area contributed by atoms with Crippen LogP contribution in [-0.4, -0.2) is 80.7 Å². The van der Waals surface area contributed by atoms with Crippen molar-refractivity contribution in [3.63, 3.8) is 0 Å². The van der Waals surface area contributed by atoms with E-state index >= 15 is 0 Å². The molecule has 0 unspecified atom stereocenters. The van der Waals surface area contributed by atoms with Crippen LogP contribution in [0.15, 0.2) is 23.4 Å². The van der Waals surface area contributed by atoms with Crippen LogP contribution in [0.4, 0.5) is 5.82 Å². The summed E-state index contributed by atoms with van der Waals surface area (Å²) in [7, 11) is 3.32. The van der Waals surface area contributed by atoms with Gasteiger partial charge in [-0.1, -0.05) is 37.2 Å². The van der Waals surface area contributed by atoms with Crippen LogP contribution in [0, 0.1) is 0 Å². The maximum atomic E-state index is 10.8. The molecule has 1 aliphatic heterocycles. The number of rotatable bonds is 12. The predicted molar refractivity (Wildman–Crippen MR) is 153 cm³/mol. The Kier molecular flexibility index (Phi) is 8.69. The third-order valence-electron chi connectivity index (χ3n) is 7.38. The van der Waals surface area contributed by atoms with Crippen molar-refractivity contribution >= 4 is 28.7 Å². The highest BCUT2D eigenvalue weighted by Gasteiger charge is 2.55. The summed E-state index contributed by atoms with van der Waals surface area (Å²) in [5.74, 6) is 2.35. The summed E-state index contributed by atoms with van der Waals surface area (Å²) in [5, 5.41) is 20.7. The fourth-order valence-electron chi connectivity index (χ4n) is 5.46. The summed E-state index contributed by atoms with van der Waals surface area (Å²) in [6.45, 7) is 9.40. The zero-order valence-electron chi connectivity index (χ0n) is 24.2. The molecule has 0 spiro atoms. The van der Waals surface area contributed by atoms with Gasteiger partial charge < -0.3 is 29.0 Å². The first-order valence-electron chi connectivity index (χ1n) is 14.0. The summed E-state index contributed by atoms with van der Waals surface area (Å²) in [5.41, 5.74) is 2.28. The smallest absolute Gasteiger partial charge is 0.191 e. The molecule has 1 N–H and O–H groups in total. The number of nitrogens with zero attached hydrogens (tertiary/aromatic N) is 6. The van der Waals surface area contributed by atoms with Crippen molar-refractivity contribution in [2.45, 2.75) is 95.2 Å². The van der Waals surface area contributed by atoms with Crippen molar-refractivity contribution in [2.75, 3.05) is 31.4 Å². The van der Waals surface area contributed by atoms with E-state index in [0.29, 0.717) is 29.3 Å². The molecule has 1 aliphatic carbocycles. The molecule has 3 aromatic rings. The van der Waals surface area contributed by atoms with Crippen LogP contribution < -0.4 is 14.4 Å². The fraction of sp³-hybridized carbons (Fsp3) is 0.643. The van der Waals surface area contributed by atoms with E-state index < -0.39 is 18.0 Å². The highest BCUT2D eigenvalue weighted by atomic mass is 32.2. The number of hydrogen-bond acceptors (Lipinski definition) is 11. The topological polar surface area (TPSA) is 117 Å².